The second-order valence-electron chi connectivity index (χ2n) is 4.98. The molecule has 1 atom stereocenters. The zero-order valence-corrected chi connectivity index (χ0v) is 12.3. The van der Waals surface area contributed by atoms with Crippen LogP contribution in [0.2, 0.25) is 10.0 Å². The van der Waals surface area contributed by atoms with Crippen molar-refractivity contribution >= 4 is 29.0 Å². The first-order valence-corrected chi connectivity index (χ1v) is 7.48. The topological polar surface area (TPSA) is 26.3 Å². The van der Waals surface area contributed by atoms with Crippen molar-refractivity contribution in [1.29, 1.82) is 0 Å². The molecule has 1 heterocycles. The van der Waals surface area contributed by atoms with E-state index < -0.39 is 0 Å². The summed E-state index contributed by atoms with van der Waals surface area (Å²) in [5.74, 6) is 0.224. The van der Waals surface area contributed by atoms with Crippen molar-refractivity contribution in [3.63, 3.8) is 0 Å². The molecular weight excluding hydrogens is 283 g/mol. The zero-order valence-electron chi connectivity index (χ0n) is 10.8. The molecule has 0 amide bonds. The van der Waals surface area contributed by atoms with Crippen LogP contribution in [0.3, 0.4) is 0 Å². The quantitative estimate of drug-likeness (QED) is 0.775. The van der Waals surface area contributed by atoms with Gasteiger partial charge in [-0.25, -0.2) is 0 Å². The van der Waals surface area contributed by atoms with Crippen LogP contribution in [0, 0.1) is 0 Å². The highest BCUT2D eigenvalue weighted by atomic mass is 35.5. The summed E-state index contributed by atoms with van der Waals surface area (Å²) in [7, 11) is 0. The van der Waals surface area contributed by atoms with Gasteiger partial charge >= 0.3 is 0 Å². The molecule has 0 saturated carbocycles. The fraction of sp³-hybridized carbons (Fsp3) is 0.533. The first kappa shape index (κ1) is 14.8. The molecule has 0 bridgehead atoms. The van der Waals surface area contributed by atoms with Gasteiger partial charge in [0.25, 0.3) is 0 Å². The molecule has 19 heavy (non-hydrogen) atoms. The van der Waals surface area contributed by atoms with Gasteiger partial charge in [0.05, 0.1) is 6.10 Å². The van der Waals surface area contributed by atoms with Crippen LogP contribution in [0.5, 0.6) is 0 Å². The van der Waals surface area contributed by atoms with E-state index in [1.54, 1.807) is 12.1 Å². The van der Waals surface area contributed by atoms with Crippen LogP contribution in [0.1, 0.15) is 37.7 Å². The predicted molar refractivity (Wildman–Crippen MR) is 78.0 cm³/mol. The van der Waals surface area contributed by atoms with Crippen LogP contribution in [-0.2, 0) is 16.0 Å². The number of hydrogen-bond acceptors (Lipinski definition) is 2. The summed E-state index contributed by atoms with van der Waals surface area (Å²) in [5.41, 5.74) is 0.855. The molecule has 1 aromatic rings. The summed E-state index contributed by atoms with van der Waals surface area (Å²) in [5, 5.41) is 1.17. The molecule has 0 spiro atoms. The largest absolute Gasteiger partial charge is 0.378 e. The maximum atomic E-state index is 11.9. The van der Waals surface area contributed by atoms with Crippen molar-refractivity contribution in [3.8, 4) is 0 Å². The molecule has 1 saturated heterocycles. The molecule has 0 radical (unpaired) electrons. The third-order valence-corrected chi connectivity index (χ3v) is 4.00. The van der Waals surface area contributed by atoms with Crippen LogP contribution in [0.4, 0.5) is 0 Å². The standard InChI is InChI=1S/C15H18Cl2O2/c16-12-7-6-11(15(17)10-12)9-13(18)3-1-4-14-5-2-8-19-14/h6-7,10,14H,1-5,8-9H2. The van der Waals surface area contributed by atoms with Crippen LogP contribution >= 0.6 is 23.2 Å². The Balaban J connectivity index is 1.74. The van der Waals surface area contributed by atoms with Crippen molar-refractivity contribution in [2.75, 3.05) is 6.61 Å². The van der Waals surface area contributed by atoms with E-state index in [4.69, 9.17) is 27.9 Å². The number of ether oxygens (including phenoxy) is 1. The van der Waals surface area contributed by atoms with Gasteiger partial charge in [0.2, 0.25) is 0 Å². The highest BCUT2D eigenvalue weighted by Gasteiger charge is 2.15. The number of carbonyl (C=O) groups is 1. The van der Waals surface area contributed by atoms with Crippen LogP contribution in [0.25, 0.3) is 0 Å². The number of Topliss-reactive ketones (excluding diaryl/α,β-unsaturated/α-hetero) is 1. The van der Waals surface area contributed by atoms with Crippen molar-refractivity contribution in [2.24, 2.45) is 0 Å². The highest BCUT2D eigenvalue weighted by Crippen LogP contribution is 2.22. The van der Waals surface area contributed by atoms with Crippen LogP contribution in [-0.4, -0.2) is 18.5 Å². The summed E-state index contributed by atoms with van der Waals surface area (Å²) in [6.45, 7) is 0.874. The summed E-state index contributed by atoms with van der Waals surface area (Å²) in [6.07, 6.45) is 5.53. The van der Waals surface area contributed by atoms with Gasteiger partial charge in [-0.15, -0.1) is 0 Å². The zero-order chi connectivity index (χ0) is 13.7. The molecule has 1 aliphatic rings. The molecular formula is C15H18Cl2O2. The Labute approximate surface area is 124 Å². The minimum Gasteiger partial charge on any atom is -0.378 e. The Kier molecular flexibility index (Phi) is 5.68. The van der Waals surface area contributed by atoms with Gasteiger partial charge in [-0.05, 0) is 43.4 Å². The molecule has 1 unspecified atom stereocenters. The van der Waals surface area contributed by atoms with Gasteiger partial charge in [0, 0.05) is 29.5 Å². The van der Waals surface area contributed by atoms with E-state index in [1.165, 1.54) is 0 Å². The lowest BCUT2D eigenvalue weighted by Crippen LogP contribution is -2.08. The second-order valence-corrected chi connectivity index (χ2v) is 5.82. The monoisotopic (exact) mass is 300 g/mol. The summed E-state index contributed by atoms with van der Waals surface area (Å²) in [4.78, 5) is 11.9. The molecule has 4 heteroatoms. The number of rotatable bonds is 6. The number of benzene rings is 1. The van der Waals surface area contributed by atoms with E-state index in [2.05, 4.69) is 0 Å². The van der Waals surface area contributed by atoms with E-state index in [-0.39, 0.29) is 5.78 Å². The Bertz CT molecular complexity index is 440. The van der Waals surface area contributed by atoms with Crippen molar-refractivity contribution < 1.29 is 9.53 Å². The lowest BCUT2D eigenvalue weighted by Gasteiger charge is -2.08. The minimum absolute atomic E-state index is 0.224. The maximum Gasteiger partial charge on any atom is 0.137 e. The van der Waals surface area contributed by atoms with E-state index in [9.17, 15) is 4.79 Å². The Morgan fingerprint density at radius 1 is 1.37 bits per heavy atom. The van der Waals surface area contributed by atoms with Gasteiger partial charge in [-0.3, -0.25) is 4.79 Å². The van der Waals surface area contributed by atoms with Crippen LogP contribution in [0.15, 0.2) is 18.2 Å². The molecule has 1 fully saturated rings. The van der Waals surface area contributed by atoms with E-state index in [1.807, 2.05) is 6.07 Å². The molecule has 0 aliphatic carbocycles. The van der Waals surface area contributed by atoms with Gasteiger partial charge in [0.1, 0.15) is 5.78 Å². The lowest BCUT2D eigenvalue weighted by atomic mass is 10.0. The van der Waals surface area contributed by atoms with Crippen molar-refractivity contribution in [2.45, 2.75) is 44.6 Å². The first-order chi connectivity index (χ1) is 9.15. The average Bonchev–Trinajstić information content (AvgIpc) is 2.86. The molecule has 104 valence electrons. The third kappa shape index (κ3) is 4.79. The minimum atomic E-state index is 0.224. The fourth-order valence-electron chi connectivity index (χ4n) is 2.36. The van der Waals surface area contributed by atoms with Crippen LogP contribution < -0.4 is 0 Å². The Morgan fingerprint density at radius 2 is 2.21 bits per heavy atom. The Hall–Kier alpha value is -0.570. The molecule has 0 N–H and O–H groups in total. The summed E-state index contributed by atoms with van der Waals surface area (Å²) >= 11 is 11.9. The van der Waals surface area contributed by atoms with Crippen molar-refractivity contribution in [3.05, 3.63) is 33.8 Å². The number of halogens is 2. The van der Waals surface area contributed by atoms with Gasteiger partial charge in [-0.2, -0.15) is 0 Å². The SMILES string of the molecule is O=C(CCCC1CCCO1)Cc1ccc(Cl)cc1Cl. The number of ketones is 1. The molecule has 1 aromatic carbocycles. The fourth-order valence-corrected chi connectivity index (χ4v) is 2.84. The number of carbonyl (C=O) groups excluding carboxylic acids is 1. The normalized spacial score (nSPS) is 18.7. The number of hydrogen-bond donors (Lipinski definition) is 0. The molecule has 2 rings (SSSR count). The average molecular weight is 301 g/mol. The molecule has 1 aliphatic heterocycles. The van der Waals surface area contributed by atoms with Gasteiger partial charge < -0.3 is 4.74 Å². The predicted octanol–water partition coefficient (Wildman–Crippen LogP) is 4.45. The lowest BCUT2D eigenvalue weighted by molar-refractivity contribution is -0.118. The van der Waals surface area contributed by atoms with E-state index in [0.29, 0.717) is 29.0 Å². The van der Waals surface area contributed by atoms with Gasteiger partial charge in [-0.1, -0.05) is 29.3 Å². The maximum absolute atomic E-state index is 11.9. The molecule has 0 aromatic heterocycles. The summed E-state index contributed by atoms with van der Waals surface area (Å²) in [6, 6.07) is 5.27. The highest BCUT2D eigenvalue weighted by molar-refractivity contribution is 6.35. The Morgan fingerprint density at radius 3 is 2.89 bits per heavy atom. The molecule has 2 nitrogen and oxygen atoms in total. The summed E-state index contributed by atoms with van der Waals surface area (Å²) < 4.78 is 5.54. The van der Waals surface area contributed by atoms with Gasteiger partial charge in [0.15, 0.2) is 0 Å². The second kappa shape index (κ2) is 7.28. The van der Waals surface area contributed by atoms with Crippen molar-refractivity contribution in [1.82, 2.24) is 0 Å². The smallest absolute Gasteiger partial charge is 0.137 e. The van der Waals surface area contributed by atoms with E-state index >= 15 is 0 Å². The third-order valence-electron chi connectivity index (χ3n) is 3.41. The first-order valence-electron chi connectivity index (χ1n) is 6.72. The van der Waals surface area contributed by atoms with E-state index in [0.717, 1.165) is 37.9 Å².